The van der Waals surface area contributed by atoms with Gasteiger partial charge in [-0.2, -0.15) is 4.98 Å². The number of nitrogens with one attached hydrogen (secondary N) is 2. The van der Waals surface area contributed by atoms with Crippen molar-refractivity contribution in [1.82, 2.24) is 14.0 Å². The van der Waals surface area contributed by atoms with Gasteiger partial charge in [-0.25, -0.2) is 8.78 Å². The Balaban J connectivity index is 1.69. The van der Waals surface area contributed by atoms with Crippen LogP contribution in [0.2, 0.25) is 0 Å². The smallest absolute Gasteiger partial charge is 0.306 e. The SMILES string of the molecule is N=C(c1ccc(Br)cc1F)n1cc(-c2c(-c3ccc(F)cc3)nc3occn23)ccc1=N. The highest BCUT2D eigenvalue weighted by Crippen LogP contribution is 2.33. The number of pyridine rings is 1. The molecule has 2 aromatic carbocycles. The van der Waals surface area contributed by atoms with Crippen LogP contribution < -0.4 is 5.49 Å². The topological polar surface area (TPSA) is 83.1 Å². The molecule has 5 aromatic rings. The van der Waals surface area contributed by atoms with E-state index in [1.165, 1.54) is 41.2 Å². The van der Waals surface area contributed by atoms with Crippen LogP contribution >= 0.6 is 15.9 Å². The molecule has 0 fully saturated rings. The number of hydrogen-bond donors (Lipinski definition) is 2. The molecule has 0 unspecified atom stereocenters. The van der Waals surface area contributed by atoms with Crippen molar-refractivity contribution in [2.75, 3.05) is 0 Å². The molecular formula is C23H14BrF2N5O. The van der Waals surface area contributed by atoms with Crippen LogP contribution in [0, 0.1) is 22.5 Å². The van der Waals surface area contributed by atoms with E-state index in [2.05, 4.69) is 20.9 Å². The van der Waals surface area contributed by atoms with E-state index < -0.39 is 5.82 Å². The molecular weight excluding hydrogens is 480 g/mol. The fraction of sp³-hybridized carbons (Fsp3) is 0. The third kappa shape index (κ3) is 3.36. The summed E-state index contributed by atoms with van der Waals surface area (Å²) in [5.74, 6) is -0.775. The van der Waals surface area contributed by atoms with Gasteiger partial charge in [0.2, 0.25) is 0 Å². The van der Waals surface area contributed by atoms with Crippen molar-refractivity contribution >= 4 is 27.6 Å². The molecule has 0 saturated heterocycles. The third-order valence-electron chi connectivity index (χ3n) is 5.03. The molecule has 3 heterocycles. The van der Waals surface area contributed by atoms with Crippen LogP contribution in [-0.4, -0.2) is 19.8 Å². The lowest BCUT2D eigenvalue weighted by molar-refractivity contribution is 0.596. The number of benzene rings is 2. The minimum absolute atomic E-state index is 0.0114. The van der Waals surface area contributed by atoms with Gasteiger partial charge < -0.3 is 4.42 Å². The van der Waals surface area contributed by atoms with E-state index in [1.807, 2.05) is 0 Å². The summed E-state index contributed by atoms with van der Waals surface area (Å²) in [4.78, 5) is 4.53. The molecule has 6 nitrogen and oxygen atoms in total. The van der Waals surface area contributed by atoms with Crippen LogP contribution in [-0.2, 0) is 0 Å². The maximum absolute atomic E-state index is 14.5. The van der Waals surface area contributed by atoms with E-state index in [0.717, 1.165) is 0 Å². The second kappa shape index (κ2) is 7.69. The Labute approximate surface area is 188 Å². The highest BCUT2D eigenvalue weighted by Gasteiger charge is 2.19. The number of hydrogen-bond acceptors (Lipinski definition) is 4. The predicted molar refractivity (Wildman–Crippen MR) is 118 cm³/mol. The van der Waals surface area contributed by atoms with Crippen molar-refractivity contribution < 1.29 is 13.2 Å². The molecule has 0 aliphatic rings. The third-order valence-corrected chi connectivity index (χ3v) is 5.52. The van der Waals surface area contributed by atoms with E-state index >= 15 is 0 Å². The lowest BCUT2D eigenvalue weighted by atomic mass is 10.1. The summed E-state index contributed by atoms with van der Waals surface area (Å²) < 4.78 is 36.9. The lowest BCUT2D eigenvalue weighted by Crippen LogP contribution is -2.27. The first-order valence-corrected chi connectivity index (χ1v) is 10.2. The average molecular weight is 494 g/mol. The number of fused-ring (bicyclic) bond motifs is 1. The zero-order valence-corrected chi connectivity index (χ0v) is 17.9. The Morgan fingerprint density at radius 2 is 1.75 bits per heavy atom. The van der Waals surface area contributed by atoms with Gasteiger partial charge in [0.05, 0.1) is 11.3 Å². The van der Waals surface area contributed by atoms with Gasteiger partial charge in [-0.05, 0) is 54.6 Å². The summed E-state index contributed by atoms with van der Waals surface area (Å²) in [6.45, 7) is 0. The minimum Gasteiger partial charge on any atom is -0.432 e. The summed E-state index contributed by atoms with van der Waals surface area (Å²) in [7, 11) is 0. The van der Waals surface area contributed by atoms with Gasteiger partial charge in [0, 0.05) is 28.0 Å². The quantitative estimate of drug-likeness (QED) is 0.258. The number of imidazole rings is 1. The molecule has 0 saturated carbocycles. The molecule has 9 heteroatoms. The Kier molecular flexibility index (Phi) is 4.82. The first-order valence-electron chi connectivity index (χ1n) is 9.46. The number of aromatic nitrogens is 3. The van der Waals surface area contributed by atoms with Crippen molar-refractivity contribution in [3.05, 3.63) is 100 Å². The lowest BCUT2D eigenvalue weighted by Gasteiger charge is -2.12. The Hall–Kier alpha value is -3.85. The summed E-state index contributed by atoms with van der Waals surface area (Å²) in [5, 5.41) is 16.8. The first kappa shape index (κ1) is 20.1. The monoisotopic (exact) mass is 493 g/mol. The second-order valence-electron chi connectivity index (χ2n) is 7.02. The molecule has 0 amide bonds. The predicted octanol–water partition coefficient (Wildman–Crippen LogP) is 5.46. The zero-order chi connectivity index (χ0) is 22.4. The molecule has 2 N–H and O–H groups in total. The van der Waals surface area contributed by atoms with E-state index in [-0.39, 0.29) is 22.7 Å². The van der Waals surface area contributed by atoms with Gasteiger partial charge in [0.1, 0.15) is 34.9 Å². The van der Waals surface area contributed by atoms with Crippen LogP contribution in [0.1, 0.15) is 5.56 Å². The summed E-state index contributed by atoms with van der Waals surface area (Å²) in [6, 6.07) is 13.6. The minimum atomic E-state index is -0.574. The number of rotatable bonds is 3. The molecule has 5 rings (SSSR count). The molecule has 158 valence electrons. The highest BCUT2D eigenvalue weighted by molar-refractivity contribution is 9.10. The zero-order valence-electron chi connectivity index (χ0n) is 16.3. The van der Waals surface area contributed by atoms with Gasteiger partial charge >= 0.3 is 5.84 Å². The molecule has 0 radical (unpaired) electrons. The maximum Gasteiger partial charge on any atom is 0.306 e. The van der Waals surface area contributed by atoms with Crippen molar-refractivity contribution in [2.24, 2.45) is 0 Å². The largest absolute Gasteiger partial charge is 0.432 e. The van der Waals surface area contributed by atoms with Gasteiger partial charge in [-0.1, -0.05) is 15.9 Å². The van der Waals surface area contributed by atoms with Gasteiger partial charge in [0.25, 0.3) is 0 Å². The normalized spacial score (nSPS) is 11.2. The van der Waals surface area contributed by atoms with Crippen molar-refractivity contribution in [3.8, 4) is 22.5 Å². The Morgan fingerprint density at radius 1 is 1.00 bits per heavy atom. The Bertz CT molecular complexity index is 1550. The molecule has 0 spiro atoms. The van der Waals surface area contributed by atoms with Crippen LogP contribution in [0.15, 0.2) is 82.1 Å². The number of halogens is 3. The summed E-state index contributed by atoms with van der Waals surface area (Å²) >= 11 is 3.21. The van der Waals surface area contributed by atoms with E-state index in [0.29, 0.717) is 32.8 Å². The summed E-state index contributed by atoms with van der Waals surface area (Å²) in [5.41, 5.74) is 2.56. The van der Waals surface area contributed by atoms with E-state index in [4.69, 9.17) is 15.2 Å². The Morgan fingerprint density at radius 3 is 2.50 bits per heavy atom. The van der Waals surface area contributed by atoms with Crippen molar-refractivity contribution in [2.45, 2.75) is 0 Å². The number of nitrogens with zero attached hydrogens (tertiary/aromatic N) is 3. The van der Waals surface area contributed by atoms with Crippen LogP contribution in [0.5, 0.6) is 0 Å². The van der Waals surface area contributed by atoms with Crippen LogP contribution in [0.3, 0.4) is 0 Å². The van der Waals surface area contributed by atoms with Crippen LogP contribution in [0.4, 0.5) is 8.78 Å². The van der Waals surface area contributed by atoms with Crippen molar-refractivity contribution in [3.63, 3.8) is 0 Å². The molecule has 0 atom stereocenters. The highest BCUT2D eigenvalue weighted by atomic mass is 79.9. The fourth-order valence-electron chi connectivity index (χ4n) is 3.51. The van der Waals surface area contributed by atoms with E-state index in [9.17, 15) is 8.78 Å². The van der Waals surface area contributed by atoms with Gasteiger partial charge in [-0.3, -0.25) is 19.8 Å². The fourth-order valence-corrected chi connectivity index (χ4v) is 3.84. The standard InChI is InChI=1S/C23H14BrF2N5O/c24-15-4-7-17(18(26)11-15)22(28)31-12-14(3-8-19(31)27)21-20(13-1-5-16(25)6-2-13)29-23-30(21)9-10-32-23/h1-12,27-28H. The molecule has 3 aromatic heterocycles. The summed E-state index contributed by atoms with van der Waals surface area (Å²) in [6.07, 6.45) is 4.77. The van der Waals surface area contributed by atoms with Crippen molar-refractivity contribution in [1.29, 1.82) is 10.8 Å². The van der Waals surface area contributed by atoms with Gasteiger partial charge in [-0.15, -0.1) is 0 Å². The molecule has 0 aliphatic carbocycles. The molecule has 0 aliphatic heterocycles. The molecule has 0 bridgehead atoms. The second-order valence-corrected chi connectivity index (χ2v) is 7.93. The number of oxazole rings is 1. The van der Waals surface area contributed by atoms with E-state index in [1.54, 1.807) is 41.1 Å². The van der Waals surface area contributed by atoms with Gasteiger partial charge in [0.15, 0.2) is 0 Å². The molecule has 32 heavy (non-hydrogen) atoms. The first-order chi connectivity index (χ1) is 15.4. The van der Waals surface area contributed by atoms with Crippen LogP contribution in [0.25, 0.3) is 28.4 Å². The average Bonchev–Trinajstić information content (AvgIpc) is 3.36. The maximum atomic E-state index is 14.5.